The van der Waals surface area contributed by atoms with Crippen molar-refractivity contribution in [1.29, 1.82) is 0 Å². The molecule has 4 N–H and O–H groups in total. The highest BCUT2D eigenvalue weighted by Crippen LogP contribution is 2.32. The van der Waals surface area contributed by atoms with Gasteiger partial charge in [-0.05, 0) is 48.7 Å². The summed E-state index contributed by atoms with van der Waals surface area (Å²) in [4.78, 5) is 136. The number of ketones is 4. The monoisotopic (exact) mass is 1080 g/mol. The highest BCUT2D eigenvalue weighted by Gasteiger charge is 2.42. The van der Waals surface area contributed by atoms with Crippen LogP contribution in [0.1, 0.15) is 121 Å². The van der Waals surface area contributed by atoms with E-state index in [1.165, 1.54) is 23.5 Å². The molecule has 0 aromatic carbocycles. The number of carbonyl (C=O) groups excluding carboxylic acids is 10. The molecule has 4 bridgehead atoms. The molecule has 4 aliphatic heterocycles. The normalized spacial score (nSPS) is 31.8. The first kappa shape index (κ1) is 60.9. The van der Waals surface area contributed by atoms with Gasteiger partial charge in [-0.3, -0.25) is 38.4 Å². The fourth-order valence-corrected chi connectivity index (χ4v) is 13.3. The molecule has 20 heteroatoms. The second-order valence-electron chi connectivity index (χ2n) is 20.8. The lowest BCUT2D eigenvalue weighted by atomic mass is 9.88. The summed E-state index contributed by atoms with van der Waals surface area (Å²) >= 11 is 2.83. The number of amides is 4. The van der Waals surface area contributed by atoms with Crippen molar-refractivity contribution in [2.24, 2.45) is 47.3 Å². The number of carbonyl (C=O) groups is 10. The Morgan fingerprint density at radius 3 is 1.19 bits per heavy atom. The Kier molecular flexibility index (Phi) is 24.9. The minimum absolute atomic E-state index is 0.0927. The standard InChI is InChI=1S/C52H78N4O12S4/c1-27(2)37-21-33(57)19-35(67-51(65)45(29(5)6)55-49(63)39-23-43(59)41(53-47(37)61)25-69-31(39)9)15-11-13-17-71-72-18-14-12-16-36-20-34(58)22-38(28(3)4)48(62)54-42-26-70-32(10)40(24-44(42)60)50(64)56-46(30(7)8)52(66)68-36/h11-12,15-16,27-32,35-42,45-46H,13-14,17-26H2,1-10H3,(H,53,61)(H,54,62)(H,55,63)(H,56,64)/b15-11+,16-12+/t31?,32?,35-,36-,37+,38+,39?,40?,41-,42-,45-,46-/m0/s1. The van der Waals surface area contributed by atoms with Crippen LogP contribution in [0.25, 0.3) is 0 Å². The van der Waals surface area contributed by atoms with E-state index >= 15 is 0 Å². The average molecular weight is 1080 g/mol. The van der Waals surface area contributed by atoms with Crippen LogP contribution in [0.4, 0.5) is 0 Å². The minimum atomic E-state index is -1.02. The molecule has 4 heterocycles. The quantitative estimate of drug-likeness (QED) is 0.0713. The molecule has 4 amide bonds. The van der Waals surface area contributed by atoms with Crippen molar-refractivity contribution in [3.8, 4) is 0 Å². The Labute approximate surface area is 442 Å². The van der Waals surface area contributed by atoms with E-state index in [0.29, 0.717) is 35.9 Å². The zero-order valence-electron chi connectivity index (χ0n) is 43.6. The van der Waals surface area contributed by atoms with Crippen molar-refractivity contribution >= 4 is 104 Å². The second kappa shape index (κ2) is 29.5. The van der Waals surface area contributed by atoms with Crippen molar-refractivity contribution in [3.05, 3.63) is 24.3 Å². The lowest BCUT2D eigenvalue weighted by Gasteiger charge is -2.27. The van der Waals surface area contributed by atoms with Crippen LogP contribution in [0.15, 0.2) is 24.3 Å². The van der Waals surface area contributed by atoms with Gasteiger partial charge in [0.2, 0.25) is 23.6 Å². The van der Waals surface area contributed by atoms with Crippen molar-refractivity contribution in [1.82, 2.24) is 21.3 Å². The van der Waals surface area contributed by atoms with E-state index in [2.05, 4.69) is 21.3 Å². The Balaban J connectivity index is 1.40. The van der Waals surface area contributed by atoms with Crippen LogP contribution in [0.2, 0.25) is 0 Å². The molecule has 0 aromatic heterocycles. The summed E-state index contributed by atoms with van der Waals surface area (Å²) in [5, 5.41) is 10.9. The molecule has 4 rings (SSSR count). The maximum absolute atomic E-state index is 13.7. The third kappa shape index (κ3) is 18.6. The Bertz CT molecular complexity index is 1890. The first-order chi connectivity index (χ1) is 34.0. The molecule has 0 aliphatic carbocycles. The second-order valence-corrected chi connectivity index (χ2v) is 26.4. The first-order valence-corrected chi connectivity index (χ1v) is 30.1. The molecule has 12 atom stereocenters. The number of allylic oxidation sites excluding steroid dienone is 2. The van der Waals surface area contributed by atoms with E-state index in [1.54, 1.807) is 61.4 Å². The van der Waals surface area contributed by atoms with Gasteiger partial charge >= 0.3 is 11.9 Å². The van der Waals surface area contributed by atoms with Crippen LogP contribution in [0.5, 0.6) is 0 Å². The summed E-state index contributed by atoms with van der Waals surface area (Å²) in [5.41, 5.74) is 0. The van der Waals surface area contributed by atoms with E-state index in [1.807, 2.05) is 53.7 Å². The molecule has 402 valence electrons. The van der Waals surface area contributed by atoms with E-state index < -0.39 is 95.6 Å². The summed E-state index contributed by atoms with van der Waals surface area (Å²) in [7, 11) is 3.21. The number of rotatable bonds is 13. The maximum Gasteiger partial charge on any atom is 0.329 e. The minimum Gasteiger partial charge on any atom is -0.456 e. The van der Waals surface area contributed by atoms with Crippen LogP contribution < -0.4 is 21.3 Å². The lowest BCUT2D eigenvalue weighted by Crippen LogP contribution is -2.50. The zero-order chi connectivity index (χ0) is 53.4. The molecule has 0 aromatic rings. The van der Waals surface area contributed by atoms with Crippen LogP contribution in [0, 0.1) is 47.3 Å². The van der Waals surface area contributed by atoms with E-state index in [-0.39, 0.29) is 95.8 Å². The average Bonchev–Trinajstić information content (AvgIpc) is 3.53. The molecular formula is C52H78N4O12S4. The number of hydrogen-bond acceptors (Lipinski definition) is 16. The summed E-state index contributed by atoms with van der Waals surface area (Å²) in [6.07, 6.45) is 5.56. The van der Waals surface area contributed by atoms with Gasteiger partial charge in [0, 0.05) is 83.9 Å². The molecule has 0 spiro atoms. The Hall–Kier alpha value is -3.62. The summed E-state index contributed by atoms with van der Waals surface area (Å²) in [6, 6.07) is -3.63. The molecule has 4 fully saturated rings. The highest BCUT2D eigenvalue weighted by atomic mass is 33.1. The first-order valence-electron chi connectivity index (χ1n) is 25.5. The number of fused-ring (bicyclic) bond motifs is 6. The zero-order valence-corrected chi connectivity index (χ0v) is 46.8. The van der Waals surface area contributed by atoms with Gasteiger partial charge in [-0.2, -0.15) is 23.5 Å². The topological polar surface area (TPSA) is 237 Å². The molecule has 4 saturated heterocycles. The number of ether oxygens (including phenoxy) is 2. The van der Waals surface area contributed by atoms with Crippen molar-refractivity contribution in [2.75, 3.05) is 23.0 Å². The molecule has 4 unspecified atom stereocenters. The summed E-state index contributed by atoms with van der Waals surface area (Å²) in [6.45, 7) is 18.2. The van der Waals surface area contributed by atoms with Gasteiger partial charge in [0.25, 0.3) is 0 Å². The fraction of sp³-hybridized carbons (Fsp3) is 0.731. The number of thioether (sulfide) groups is 2. The maximum atomic E-state index is 13.7. The van der Waals surface area contributed by atoms with Gasteiger partial charge < -0.3 is 30.7 Å². The molecule has 16 nitrogen and oxygen atoms in total. The van der Waals surface area contributed by atoms with Crippen molar-refractivity contribution in [2.45, 2.75) is 167 Å². The smallest absolute Gasteiger partial charge is 0.329 e. The molecule has 0 saturated carbocycles. The van der Waals surface area contributed by atoms with Crippen LogP contribution in [-0.4, -0.2) is 129 Å². The summed E-state index contributed by atoms with van der Waals surface area (Å²) in [5.74, 6) is -6.20. The van der Waals surface area contributed by atoms with Crippen molar-refractivity contribution in [3.63, 3.8) is 0 Å². The summed E-state index contributed by atoms with van der Waals surface area (Å²) < 4.78 is 11.8. The van der Waals surface area contributed by atoms with Crippen LogP contribution in [-0.2, 0) is 57.4 Å². The van der Waals surface area contributed by atoms with E-state index in [9.17, 15) is 47.9 Å². The number of cyclic esters (lactones) is 2. The number of esters is 2. The molecule has 72 heavy (non-hydrogen) atoms. The third-order valence-electron chi connectivity index (χ3n) is 13.6. The largest absolute Gasteiger partial charge is 0.456 e. The number of Topliss-reactive ketones (excluding diaryl/α,β-unsaturated/α-hetero) is 4. The van der Waals surface area contributed by atoms with Gasteiger partial charge in [-0.15, -0.1) is 0 Å². The Morgan fingerprint density at radius 1 is 0.500 bits per heavy atom. The molecule has 4 aliphatic rings. The Morgan fingerprint density at radius 2 is 0.861 bits per heavy atom. The van der Waals surface area contributed by atoms with Crippen molar-refractivity contribution < 1.29 is 57.4 Å². The van der Waals surface area contributed by atoms with Gasteiger partial charge in [0.05, 0.1) is 23.9 Å². The highest BCUT2D eigenvalue weighted by molar-refractivity contribution is 8.76. The third-order valence-corrected chi connectivity index (χ3v) is 18.9. The van der Waals surface area contributed by atoms with Gasteiger partial charge in [0.15, 0.2) is 11.6 Å². The fourth-order valence-electron chi connectivity index (χ4n) is 8.85. The lowest BCUT2D eigenvalue weighted by molar-refractivity contribution is -0.154. The molecule has 0 radical (unpaired) electrons. The number of hydrogen-bond donors (Lipinski definition) is 4. The van der Waals surface area contributed by atoms with Crippen LogP contribution in [0.3, 0.4) is 0 Å². The van der Waals surface area contributed by atoms with Gasteiger partial charge in [0.1, 0.15) is 35.9 Å². The van der Waals surface area contributed by atoms with E-state index in [4.69, 9.17) is 9.47 Å². The predicted octanol–water partition coefficient (Wildman–Crippen LogP) is 6.03. The predicted molar refractivity (Wildman–Crippen MR) is 285 cm³/mol. The molecular weight excluding hydrogens is 1000 g/mol. The van der Waals surface area contributed by atoms with Crippen LogP contribution >= 0.6 is 45.1 Å². The van der Waals surface area contributed by atoms with E-state index in [0.717, 1.165) is 0 Å². The van der Waals surface area contributed by atoms with Gasteiger partial charge in [-0.25, -0.2) is 9.59 Å². The SMILES string of the molecule is CC1SC[C@@H]2NC(=O)[C@@H](C(C)C)CC(=O)C[C@H](/C=C/CCSSCC/C=C/[C@H]3CC(=O)C[C@H](C(C)C)C(=O)N[C@H]4CSC(C)C(CC4=O)C(=O)N[C@@H](C(C)C)C(=O)O3)OC(=O)[C@H](C(C)C)NC(=O)C1CC2=O. The van der Waals surface area contributed by atoms with Gasteiger partial charge in [-0.1, -0.05) is 103 Å². The number of nitrogens with one attached hydrogen (secondary N) is 4.